The van der Waals surface area contributed by atoms with E-state index < -0.39 is 14.6 Å². The van der Waals surface area contributed by atoms with Crippen molar-refractivity contribution in [2.75, 3.05) is 6.26 Å². The number of pyridine rings is 1. The monoisotopic (exact) mass is 210 g/mol. The molecule has 0 saturated heterocycles. The Bertz CT molecular complexity index is 461. The van der Waals surface area contributed by atoms with Gasteiger partial charge in [0.2, 0.25) is 0 Å². The van der Waals surface area contributed by atoms with Crippen LogP contribution in [0.25, 0.3) is 0 Å². The Balaban J connectivity index is 3.40. The summed E-state index contributed by atoms with van der Waals surface area (Å²) in [6.07, 6.45) is 2.50. The molecule has 74 valence electrons. The molecule has 14 heavy (non-hydrogen) atoms. The van der Waals surface area contributed by atoms with Crippen LogP contribution in [-0.2, 0) is 14.6 Å². The lowest BCUT2D eigenvalue weighted by molar-refractivity contribution is 0.574. The average Bonchev–Trinajstić information content (AvgIpc) is 2.16. The van der Waals surface area contributed by atoms with Crippen LogP contribution in [0, 0.1) is 11.3 Å². The van der Waals surface area contributed by atoms with Gasteiger partial charge in [0.05, 0.1) is 11.8 Å². The van der Waals surface area contributed by atoms with E-state index in [-0.39, 0.29) is 5.69 Å². The Labute approximate surface area is 83.1 Å². The van der Waals surface area contributed by atoms with Gasteiger partial charge in [-0.3, -0.25) is 4.98 Å². The van der Waals surface area contributed by atoms with Gasteiger partial charge in [0, 0.05) is 12.5 Å². The molecule has 1 heterocycles. The number of nitrogens with zero attached hydrogens (tertiary/aromatic N) is 2. The zero-order chi connectivity index (χ0) is 10.8. The fourth-order valence-corrected chi connectivity index (χ4v) is 1.64. The van der Waals surface area contributed by atoms with E-state index in [1.54, 1.807) is 18.2 Å². The summed E-state index contributed by atoms with van der Waals surface area (Å²) < 4.78 is 21.3. The van der Waals surface area contributed by atoms with Crippen LogP contribution in [0.1, 0.15) is 12.6 Å². The first-order valence-corrected chi connectivity index (χ1v) is 5.83. The lowest BCUT2D eigenvalue weighted by Crippen LogP contribution is -2.30. The van der Waals surface area contributed by atoms with Crippen molar-refractivity contribution in [3.63, 3.8) is 0 Å². The van der Waals surface area contributed by atoms with Gasteiger partial charge in [-0.05, 0) is 19.1 Å². The highest BCUT2D eigenvalue weighted by molar-refractivity contribution is 7.91. The number of aromatic nitrogens is 1. The van der Waals surface area contributed by atoms with Crippen molar-refractivity contribution >= 4 is 9.84 Å². The van der Waals surface area contributed by atoms with Gasteiger partial charge in [0.1, 0.15) is 0 Å². The third-order valence-electron chi connectivity index (χ3n) is 2.11. The van der Waals surface area contributed by atoms with Gasteiger partial charge in [-0.25, -0.2) is 8.42 Å². The summed E-state index contributed by atoms with van der Waals surface area (Å²) in [5.74, 6) is 0. The highest BCUT2D eigenvalue weighted by Gasteiger charge is 2.39. The SMILES string of the molecule is CC(C#N)(c1ccccn1)S(C)(=O)=O. The maximum absolute atomic E-state index is 11.4. The van der Waals surface area contributed by atoms with Crippen LogP contribution in [0.3, 0.4) is 0 Å². The first-order chi connectivity index (χ1) is 6.42. The van der Waals surface area contributed by atoms with Crippen LogP contribution in [-0.4, -0.2) is 19.7 Å². The smallest absolute Gasteiger partial charge is 0.196 e. The number of nitriles is 1. The standard InChI is InChI=1S/C9H10N2O2S/c1-9(7-10,14(2,12)13)8-5-3-4-6-11-8/h3-6H,1-2H3. The highest BCUT2D eigenvalue weighted by atomic mass is 32.2. The van der Waals surface area contributed by atoms with Gasteiger partial charge in [0.15, 0.2) is 14.6 Å². The molecule has 1 atom stereocenters. The first-order valence-electron chi connectivity index (χ1n) is 3.94. The fraction of sp³-hybridized carbons (Fsp3) is 0.333. The Morgan fingerprint density at radius 3 is 2.50 bits per heavy atom. The second kappa shape index (κ2) is 3.39. The van der Waals surface area contributed by atoms with E-state index in [1.807, 2.05) is 0 Å². The topological polar surface area (TPSA) is 70.8 Å². The van der Waals surface area contributed by atoms with Crippen molar-refractivity contribution in [1.82, 2.24) is 4.98 Å². The van der Waals surface area contributed by atoms with Gasteiger partial charge in [-0.2, -0.15) is 5.26 Å². The zero-order valence-corrected chi connectivity index (χ0v) is 8.75. The summed E-state index contributed by atoms with van der Waals surface area (Å²) in [4.78, 5) is 3.89. The minimum Gasteiger partial charge on any atom is -0.259 e. The molecule has 5 heteroatoms. The van der Waals surface area contributed by atoms with Crippen molar-refractivity contribution in [2.45, 2.75) is 11.7 Å². The molecule has 0 aliphatic carbocycles. The molecule has 0 radical (unpaired) electrons. The lowest BCUT2D eigenvalue weighted by atomic mass is 10.1. The van der Waals surface area contributed by atoms with Gasteiger partial charge >= 0.3 is 0 Å². The second-order valence-electron chi connectivity index (χ2n) is 3.13. The molecule has 0 saturated carbocycles. The molecule has 0 aromatic carbocycles. The number of rotatable bonds is 2. The Morgan fingerprint density at radius 1 is 1.50 bits per heavy atom. The third kappa shape index (κ3) is 1.61. The van der Waals surface area contributed by atoms with Crippen molar-refractivity contribution in [2.24, 2.45) is 0 Å². The summed E-state index contributed by atoms with van der Waals surface area (Å²) in [7, 11) is -3.49. The molecule has 0 bridgehead atoms. The van der Waals surface area contributed by atoms with Crippen LogP contribution >= 0.6 is 0 Å². The van der Waals surface area contributed by atoms with Crippen LogP contribution < -0.4 is 0 Å². The Hall–Kier alpha value is -1.41. The minimum absolute atomic E-state index is 0.255. The molecule has 0 aliphatic heterocycles. The number of sulfone groups is 1. The molecule has 0 amide bonds. The minimum atomic E-state index is -3.49. The summed E-state index contributed by atoms with van der Waals surface area (Å²) in [5.41, 5.74) is 0.255. The van der Waals surface area contributed by atoms with E-state index >= 15 is 0 Å². The van der Waals surface area contributed by atoms with Gasteiger partial charge in [-0.1, -0.05) is 6.07 Å². The van der Waals surface area contributed by atoms with Crippen LogP contribution in [0.5, 0.6) is 0 Å². The normalized spacial score (nSPS) is 15.5. The zero-order valence-electron chi connectivity index (χ0n) is 7.93. The molecule has 1 rings (SSSR count). The average molecular weight is 210 g/mol. The Kier molecular flexibility index (Phi) is 2.58. The number of hydrogen-bond donors (Lipinski definition) is 0. The number of hydrogen-bond acceptors (Lipinski definition) is 4. The summed E-state index contributed by atoms with van der Waals surface area (Å²) in [5, 5.41) is 8.91. The molecule has 1 aromatic rings. The maximum Gasteiger partial charge on any atom is 0.196 e. The van der Waals surface area contributed by atoms with E-state index in [0.717, 1.165) is 6.26 Å². The summed E-state index contributed by atoms with van der Waals surface area (Å²) >= 11 is 0. The quantitative estimate of drug-likeness (QED) is 0.726. The summed E-state index contributed by atoms with van der Waals surface area (Å²) in [6, 6.07) is 6.64. The lowest BCUT2D eigenvalue weighted by Gasteiger charge is -2.17. The van der Waals surface area contributed by atoms with Crippen LogP contribution in [0.2, 0.25) is 0 Å². The van der Waals surface area contributed by atoms with E-state index in [1.165, 1.54) is 19.2 Å². The third-order valence-corrected chi connectivity index (χ3v) is 3.89. The van der Waals surface area contributed by atoms with Crippen molar-refractivity contribution < 1.29 is 8.42 Å². The molecule has 1 unspecified atom stereocenters. The predicted octanol–water partition coefficient (Wildman–Crippen LogP) is 0.865. The molecule has 1 aromatic heterocycles. The van der Waals surface area contributed by atoms with E-state index in [4.69, 9.17) is 5.26 Å². The van der Waals surface area contributed by atoms with Crippen molar-refractivity contribution in [1.29, 1.82) is 5.26 Å². The first kappa shape index (κ1) is 10.7. The molecular formula is C9H10N2O2S. The van der Waals surface area contributed by atoms with E-state index in [2.05, 4.69) is 4.98 Å². The fourth-order valence-electron chi connectivity index (χ4n) is 0.975. The predicted molar refractivity (Wildman–Crippen MR) is 52.0 cm³/mol. The van der Waals surface area contributed by atoms with Crippen molar-refractivity contribution in [3.8, 4) is 6.07 Å². The maximum atomic E-state index is 11.4. The van der Waals surface area contributed by atoms with Gasteiger partial charge in [0.25, 0.3) is 0 Å². The highest BCUT2D eigenvalue weighted by Crippen LogP contribution is 2.26. The van der Waals surface area contributed by atoms with Crippen LogP contribution in [0.4, 0.5) is 0 Å². The molecule has 4 nitrogen and oxygen atoms in total. The molecule has 0 spiro atoms. The molecule has 0 fully saturated rings. The van der Waals surface area contributed by atoms with E-state index in [0.29, 0.717) is 0 Å². The second-order valence-corrected chi connectivity index (χ2v) is 5.49. The largest absolute Gasteiger partial charge is 0.259 e. The molecule has 0 aliphatic rings. The summed E-state index contributed by atoms with van der Waals surface area (Å²) in [6.45, 7) is 1.35. The Morgan fingerprint density at radius 2 is 2.14 bits per heavy atom. The molecular weight excluding hydrogens is 200 g/mol. The van der Waals surface area contributed by atoms with Gasteiger partial charge in [-0.15, -0.1) is 0 Å². The van der Waals surface area contributed by atoms with Gasteiger partial charge < -0.3 is 0 Å². The van der Waals surface area contributed by atoms with E-state index in [9.17, 15) is 8.42 Å². The molecule has 0 N–H and O–H groups in total. The van der Waals surface area contributed by atoms with Crippen LogP contribution in [0.15, 0.2) is 24.4 Å². The van der Waals surface area contributed by atoms with Crippen molar-refractivity contribution in [3.05, 3.63) is 30.1 Å².